The highest BCUT2D eigenvalue weighted by molar-refractivity contribution is 6.30. The molecule has 1 aliphatic rings. The van der Waals surface area contributed by atoms with Crippen LogP contribution in [0.4, 0.5) is 4.39 Å². The summed E-state index contributed by atoms with van der Waals surface area (Å²) in [6.07, 6.45) is -0.628. The SMILES string of the molecule is Cc1ccc(F)cc1C1C[C@H](O)c2cc(Cl)ccc2O1. The average molecular weight is 293 g/mol. The molecular formula is C16H14ClFO2. The molecule has 2 nitrogen and oxygen atoms in total. The molecule has 1 unspecified atom stereocenters. The number of rotatable bonds is 1. The lowest BCUT2D eigenvalue weighted by Crippen LogP contribution is -2.19. The van der Waals surface area contributed by atoms with Crippen LogP contribution in [-0.2, 0) is 0 Å². The molecule has 2 aromatic carbocycles. The van der Waals surface area contributed by atoms with Crippen molar-refractivity contribution in [2.24, 2.45) is 0 Å². The van der Waals surface area contributed by atoms with E-state index in [1.54, 1.807) is 24.3 Å². The maximum Gasteiger partial charge on any atom is 0.127 e. The third kappa shape index (κ3) is 2.39. The highest BCUT2D eigenvalue weighted by atomic mass is 35.5. The molecule has 0 spiro atoms. The van der Waals surface area contributed by atoms with E-state index >= 15 is 0 Å². The second kappa shape index (κ2) is 5.08. The van der Waals surface area contributed by atoms with Crippen molar-refractivity contribution in [2.75, 3.05) is 0 Å². The van der Waals surface area contributed by atoms with Gasteiger partial charge in [-0.05, 0) is 48.4 Å². The van der Waals surface area contributed by atoms with Crippen molar-refractivity contribution in [1.82, 2.24) is 0 Å². The van der Waals surface area contributed by atoms with Crippen LogP contribution in [0.15, 0.2) is 36.4 Å². The molecule has 0 aromatic heterocycles. The number of aliphatic hydroxyl groups is 1. The topological polar surface area (TPSA) is 29.5 Å². The van der Waals surface area contributed by atoms with Gasteiger partial charge >= 0.3 is 0 Å². The smallest absolute Gasteiger partial charge is 0.127 e. The fraction of sp³-hybridized carbons (Fsp3) is 0.250. The molecular weight excluding hydrogens is 279 g/mol. The molecule has 0 saturated heterocycles. The van der Waals surface area contributed by atoms with Crippen LogP contribution in [-0.4, -0.2) is 5.11 Å². The Morgan fingerprint density at radius 3 is 2.80 bits per heavy atom. The van der Waals surface area contributed by atoms with Crippen molar-refractivity contribution in [2.45, 2.75) is 25.6 Å². The van der Waals surface area contributed by atoms with E-state index in [0.717, 1.165) is 11.1 Å². The Hall–Kier alpha value is -1.58. The molecule has 104 valence electrons. The molecule has 1 N–H and O–H groups in total. The molecule has 0 fully saturated rings. The van der Waals surface area contributed by atoms with Gasteiger partial charge in [-0.15, -0.1) is 0 Å². The fourth-order valence-corrected chi connectivity index (χ4v) is 2.75. The zero-order valence-corrected chi connectivity index (χ0v) is 11.7. The van der Waals surface area contributed by atoms with Crippen LogP contribution >= 0.6 is 11.6 Å². The molecule has 4 heteroatoms. The van der Waals surface area contributed by atoms with Gasteiger partial charge in [0.25, 0.3) is 0 Å². The second-order valence-corrected chi connectivity index (χ2v) is 5.48. The van der Waals surface area contributed by atoms with Gasteiger partial charge in [0, 0.05) is 17.0 Å². The minimum atomic E-state index is -0.662. The lowest BCUT2D eigenvalue weighted by Gasteiger charge is -2.30. The minimum Gasteiger partial charge on any atom is -0.485 e. The summed E-state index contributed by atoms with van der Waals surface area (Å²) in [5, 5.41) is 10.8. The Labute approximate surface area is 121 Å². The van der Waals surface area contributed by atoms with E-state index in [1.807, 2.05) is 6.92 Å². The largest absolute Gasteiger partial charge is 0.485 e. The zero-order valence-electron chi connectivity index (χ0n) is 10.9. The predicted molar refractivity (Wildman–Crippen MR) is 75.5 cm³/mol. The molecule has 0 bridgehead atoms. The van der Waals surface area contributed by atoms with E-state index in [0.29, 0.717) is 22.8 Å². The molecule has 0 aliphatic carbocycles. The lowest BCUT2D eigenvalue weighted by atomic mass is 9.93. The molecule has 0 saturated carbocycles. The third-order valence-electron chi connectivity index (χ3n) is 3.63. The Balaban J connectivity index is 1.99. The van der Waals surface area contributed by atoms with Gasteiger partial charge < -0.3 is 9.84 Å². The number of ether oxygens (including phenoxy) is 1. The first-order valence-corrected chi connectivity index (χ1v) is 6.82. The Morgan fingerprint density at radius 1 is 1.20 bits per heavy atom. The highest BCUT2D eigenvalue weighted by Crippen LogP contribution is 2.42. The summed E-state index contributed by atoms with van der Waals surface area (Å²) in [6, 6.07) is 9.77. The van der Waals surface area contributed by atoms with Crippen LogP contribution in [0, 0.1) is 12.7 Å². The molecule has 3 rings (SSSR count). The van der Waals surface area contributed by atoms with Gasteiger partial charge in [-0.1, -0.05) is 17.7 Å². The predicted octanol–water partition coefficient (Wildman–Crippen LogP) is 4.34. The quantitative estimate of drug-likeness (QED) is 0.847. The van der Waals surface area contributed by atoms with Crippen LogP contribution in [0.5, 0.6) is 5.75 Å². The van der Waals surface area contributed by atoms with Gasteiger partial charge in [0.15, 0.2) is 0 Å². The Kier molecular flexibility index (Phi) is 3.40. The van der Waals surface area contributed by atoms with Gasteiger partial charge in [-0.3, -0.25) is 0 Å². The van der Waals surface area contributed by atoms with Crippen LogP contribution in [0.2, 0.25) is 5.02 Å². The normalized spacial score (nSPS) is 21.2. The number of hydrogen-bond acceptors (Lipinski definition) is 2. The van der Waals surface area contributed by atoms with Crippen molar-refractivity contribution in [3.8, 4) is 5.75 Å². The van der Waals surface area contributed by atoms with Crippen LogP contribution in [0.3, 0.4) is 0 Å². The summed E-state index contributed by atoms with van der Waals surface area (Å²) in [5.41, 5.74) is 2.40. The molecule has 2 atom stereocenters. The van der Waals surface area contributed by atoms with Gasteiger partial charge in [0.05, 0.1) is 6.10 Å². The summed E-state index contributed by atoms with van der Waals surface area (Å²) < 4.78 is 19.3. The van der Waals surface area contributed by atoms with E-state index in [4.69, 9.17) is 16.3 Å². The molecule has 2 aromatic rings. The maximum atomic E-state index is 13.4. The van der Waals surface area contributed by atoms with E-state index < -0.39 is 6.10 Å². The average Bonchev–Trinajstić information content (AvgIpc) is 2.42. The number of benzene rings is 2. The monoisotopic (exact) mass is 292 g/mol. The van der Waals surface area contributed by atoms with Crippen molar-refractivity contribution in [1.29, 1.82) is 0 Å². The van der Waals surface area contributed by atoms with Crippen molar-refractivity contribution in [3.63, 3.8) is 0 Å². The summed E-state index contributed by atoms with van der Waals surface area (Å²) in [7, 11) is 0. The van der Waals surface area contributed by atoms with E-state index in [2.05, 4.69) is 0 Å². The van der Waals surface area contributed by atoms with Crippen molar-refractivity contribution >= 4 is 11.6 Å². The van der Waals surface area contributed by atoms with Crippen molar-refractivity contribution in [3.05, 3.63) is 63.9 Å². The summed E-state index contributed by atoms with van der Waals surface area (Å²) >= 11 is 5.93. The summed E-state index contributed by atoms with van der Waals surface area (Å²) in [5.74, 6) is 0.299. The number of halogens is 2. The van der Waals surface area contributed by atoms with Gasteiger partial charge in [0.2, 0.25) is 0 Å². The lowest BCUT2D eigenvalue weighted by molar-refractivity contribution is 0.0653. The zero-order chi connectivity index (χ0) is 14.3. The number of aryl methyl sites for hydroxylation is 1. The van der Waals surface area contributed by atoms with Crippen LogP contribution < -0.4 is 4.74 Å². The maximum absolute atomic E-state index is 13.4. The third-order valence-corrected chi connectivity index (χ3v) is 3.86. The number of fused-ring (bicyclic) bond motifs is 1. The second-order valence-electron chi connectivity index (χ2n) is 5.04. The van der Waals surface area contributed by atoms with Crippen molar-refractivity contribution < 1.29 is 14.2 Å². The Morgan fingerprint density at radius 2 is 2.00 bits per heavy atom. The first kappa shape index (κ1) is 13.4. The van der Waals surface area contributed by atoms with Gasteiger partial charge in [-0.2, -0.15) is 0 Å². The standard InChI is InChI=1S/C16H14ClFO2/c1-9-2-4-11(18)7-12(9)16-8-14(19)13-6-10(17)3-5-15(13)20-16/h2-7,14,16,19H,8H2,1H3/t14-,16?/m0/s1. The molecule has 1 aliphatic heterocycles. The number of aliphatic hydroxyl groups excluding tert-OH is 1. The van der Waals surface area contributed by atoms with Gasteiger partial charge in [0.1, 0.15) is 17.7 Å². The van der Waals surface area contributed by atoms with E-state index in [1.165, 1.54) is 12.1 Å². The first-order valence-electron chi connectivity index (χ1n) is 6.45. The fourth-order valence-electron chi connectivity index (χ4n) is 2.57. The molecule has 1 heterocycles. The molecule has 0 amide bonds. The highest BCUT2D eigenvalue weighted by Gasteiger charge is 2.29. The van der Waals surface area contributed by atoms with Gasteiger partial charge in [-0.25, -0.2) is 4.39 Å². The summed E-state index contributed by atoms with van der Waals surface area (Å²) in [4.78, 5) is 0. The Bertz CT molecular complexity index is 657. The molecule has 0 radical (unpaired) electrons. The minimum absolute atomic E-state index is 0.300. The summed E-state index contributed by atoms with van der Waals surface area (Å²) in [6.45, 7) is 1.90. The van der Waals surface area contributed by atoms with E-state index in [-0.39, 0.29) is 11.9 Å². The first-order chi connectivity index (χ1) is 9.54. The van der Waals surface area contributed by atoms with E-state index in [9.17, 15) is 9.50 Å². The number of hydrogen-bond donors (Lipinski definition) is 1. The molecule has 20 heavy (non-hydrogen) atoms. The van der Waals surface area contributed by atoms with Crippen LogP contribution in [0.25, 0.3) is 0 Å². The van der Waals surface area contributed by atoms with Crippen LogP contribution in [0.1, 0.15) is 35.3 Å².